The average molecular weight is 749 g/mol. The summed E-state index contributed by atoms with van der Waals surface area (Å²) in [6, 6.07) is 36.8. The topological polar surface area (TPSA) is 47.6 Å². The van der Waals surface area contributed by atoms with E-state index < -0.39 is 0 Å². The van der Waals surface area contributed by atoms with Crippen LogP contribution in [0.25, 0.3) is 32.3 Å². The molecule has 0 spiro atoms. The highest BCUT2D eigenvalue weighted by Gasteiger charge is 2.34. The number of nitrogens with zero attached hydrogens (tertiary/aromatic N) is 2. The molecule has 282 valence electrons. The summed E-state index contributed by atoms with van der Waals surface area (Å²) in [5.74, 6) is 0. The van der Waals surface area contributed by atoms with Crippen molar-refractivity contribution in [3.63, 3.8) is 0 Å². The van der Waals surface area contributed by atoms with Crippen LogP contribution in [0.1, 0.15) is 77.9 Å². The molecule has 2 nitrogen and oxygen atoms in total. The molecule has 8 aromatic rings. The summed E-state index contributed by atoms with van der Waals surface area (Å²) >= 11 is 0. The maximum atomic E-state index is 11.0. The third-order valence-electron chi connectivity index (χ3n) is 12.9. The first-order valence-corrected chi connectivity index (χ1v) is 20.5. The van der Waals surface area contributed by atoms with Crippen LogP contribution in [0.5, 0.6) is 0 Å². The summed E-state index contributed by atoms with van der Waals surface area (Å²) in [5.41, 5.74) is 23.6. The Morgan fingerprint density at radius 1 is 0.328 bits per heavy atom. The van der Waals surface area contributed by atoms with Crippen molar-refractivity contribution in [3.05, 3.63) is 163 Å². The van der Waals surface area contributed by atoms with Crippen LogP contribution < -0.4 is 32.8 Å². The van der Waals surface area contributed by atoms with Gasteiger partial charge in [0.15, 0.2) is 0 Å². The first-order valence-electron chi connectivity index (χ1n) is 20.5. The molecule has 0 aliphatic rings. The van der Waals surface area contributed by atoms with E-state index in [0.29, 0.717) is 11.1 Å². The van der Waals surface area contributed by atoms with Crippen molar-refractivity contribution in [1.29, 1.82) is 10.5 Å². The molecule has 0 atom stereocenters. The van der Waals surface area contributed by atoms with Gasteiger partial charge >= 0.3 is 0 Å². The van der Waals surface area contributed by atoms with Crippen molar-refractivity contribution >= 4 is 78.5 Å². The van der Waals surface area contributed by atoms with E-state index >= 15 is 0 Å². The molecule has 0 unspecified atom stereocenters. The molecule has 4 heteroatoms. The molecule has 0 saturated heterocycles. The van der Waals surface area contributed by atoms with Gasteiger partial charge in [0.05, 0.1) is 23.3 Å². The molecule has 0 aliphatic carbocycles. The minimum absolute atomic E-state index is 0.115. The van der Waals surface area contributed by atoms with Crippen LogP contribution in [-0.2, 0) is 0 Å². The summed E-state index contributed by atoms with van der Waals surface area (Å²) in [4.78, 5) is 0. The summed E-state index contributed by atoms with van der Waals surface area (Å²) in [6.45, 7) is 26.3. The van der Waals surface area contributed by atoms with E-state index in [4.69, 9.17) is 0 Å². The minimum Gasteiger partial charge on any atom is -0.192 e. The lowest BCUT2D eigenvalue weighted by Crippen LogP contribution is -2.56. The number of hydrogen-bond donors (Lipinski definition) is 0. The Balaban J connectivity index is 1.57. The van der Waals surface area contributed by atoms with E-state index in [9.17, 15) is 10.5 Å². The van der Waals surface area contributed by atoms with Crippen LogP contribution in [0.3, 0.4) is 0 Å². The van der Waals surface area contributed by atoms with Gasteiger partial charge < -0.3 is 0 Å². The van der Waals surface area contributed by atoms with Crippen LogP contribution in [0, 0.1) is 106 Å². The van der Waals surface area contributed by atoms with Gasteiger partial charge in [0, 0.05) is 10.8 Å². The molecular weight excluding hydrogens is 698 g/mol. The molecule has 8 rings (SSSR count). The molecule has 0 amide bonds. The van der Waals surface area contributed by atoms with Crippen molar-refractivity contribution in [3.8, 4) is 12.1 Å². The van der Waals surface area contributed by atoms with Crippen LogP contribution >= 0.6 is 0 Å². The lowest BCUT2D eigenvalue weighted by atomic mass is 9.33. The van der Waals surface area contributed by atoms with Crippen LogP contribution in [0.2, 0.25) is 0 Å². The summed E-state index contributed by atoms with van der Waals surface area (Å²) in [7, 11) is 0. The zero-order valence-electron chi connectivity index (χ0n) is 36.1. The van der Waals surface area contributed by atoms with Gasteiger partial charge in [0.25, 0.3) is 0 Å². The molecule has 8 aromatic carbocycles. The van der Waals surface area contributed by atoms with Crippen molar-refractivity contribution in [1.82, 2.24) is 0 Å². The fraction of sp³-hybridized carbons (Fsp3) is 0.222. The van der Waals surface area contributed by atoms with Crippen LogP contribution in [0.4, 0.5) is 0 Å². The van der Waals surface area contributed by atoms with Crippen molar-refractivity contribution in [2.75, 3.05) is 0 Å². The number of nitriles is 2. The zero-order valence-corrected chi connectivity index (χ0v) is 36.1. The largest absolute Gasteiger partial charge is 0.243 e. The van der Waals surface area contributed by atoms with Gasteiger partial charge in [-0.05, 0) is 117 Å². The lowest BCUT2D eigenvalue weighted by Gasteiger charge is -2.28. The highest BCUT2D eigenvalue weighted by molar-refractivity contribution is 6.99. The molecule has 58 heavy (non-hydrogen) atoms. The highest BCUT2D eigenvalue weighted by atomic mass is 14.3. The Kier molecular flexibility index (Phi) is 9.61. The number of benzene rings is 8. The quantitative estimate of drug-likeness (QED) is 0.126. The van der Waals surface area contributed by atoms with E-state index in [1.165, 1.54) is 88.6 Å². The third kappa shape index (κ3) is 6.10. The maximum absolute atomic E-state index is 11.0. The SMILES string of the molecule is Cc1cc(C)c(B(c2c(C)cc(C)cc2C)c2cc(C#N)c3ccc4c(C#N)cc(B(c5c(C)cc(C)cc5C)c5c(C)cc(C)cc5C)c5ccc2c3c45)c(C)c1. The fourth-order valence-electron chi connectivity index (χ4n) is 11.2. The lowest BCUT2D eigenvalue weighted by molar-refractivity contribution is 1.34. The van der Waals surface area contributed by atoms with Gasteiger partial charge in [-0.1, -0.05) is 172 Å². The normalized spacial score (nSPS) is 11.4. The van der Waals surface area contributed by atoms with E-state index in [1.807, 2.05) is 0 Å². The number of rotatable bonds is 6. The molecule has 0 aromatic heterocycles. The molecule has 0 aliphatic heterocycles. The van der Waals surface area contributed by atoms with Gasteiger partial charge in [-0.15, -0.1) is 0 Å². The zero-order chi connectivity index (χ0) is 41.5. The van der Waals surface area contributed by atoms with Crippen LogP contribution in [0.15, 0.2) is 84.9 Å². The minimum atomic E-state index is -0.115. The predicted octanol–water partition coefficient (Wildman–Crippen LogP) is 9.06. The maximum Gasteiger partial charge on any atom is 0.243 e. The second kappa shape index (κ2) is 14.4. The Labute approximate surface area is 345 Å². The number of hydrogen-bond acceptors (Lipinski definition) is 2. The van der Waals surface area contributed by atoms with E-state index in [0.717, 1.165) is 43.2 Å². The molecular formula is C54H50B2N2. The number of aryl methyl sites for hydroxylation is 12. The van der Waals surface area contributed by atoms with Gasteiger partial charge in [0.1, 0.15) is 0 Å². The Bertz CT molecular complexity index is 2700. The third-order valence-corrected chi connectivity index (χ3v) is 12.9. The fourth-order valence-corrected chi connectivity index (χ4v) is 11.2. The highest BCUT2D eigenvalue weighted by Crippen LogP contribution is 2.37. The van der Waals surface area contributed by atoms with E-state index in [1.54, 1.807) is 0 Å². The first kappa shape index (κ1) is 38.8. The van der Waals surface area contributed by atoms with Crippen molar-refractivity contribution in [2.45, 2.75) is 83.1 Å². The molecule has 0 bridgehead atoms. The van der Waals surface area contributed by atoms with Crippen LogP contribution in [-0.4, -0.2) is 13.4 Å². The molecule has 0 fully saturated rings. The summed E-state index contributed by atoms with van der Waals surface area (Å²) in [6.07, 6.45) is 0. The van der Waals surface area contributed by atoms with Crippen molar-refractivity contribution < 1.29 is 0 Å². The standard InChI is InChI=1S/C54H50B2N2/c1-29-17-33(5)51(34(6)18-29)55(52-35(7)19-30(2)20-36(52)8)47-25-41(27-57)43-13-14-44-42(28-58)26-48(46-16-15-45(47)49(43)50(44)46)56(53-37(9)21-31(3)22-38(53)10)54-39(11)23-32(4)24-40(54)12/h13-26H,1-12H3. The van der Waals surface area contributed by atoms with Gasteiger partial charge in [-0.3, -0.25) is 0 Å². The van der Waals surface area contributed by atoms with Gasteiger partial charge in [-0.25, -0.2) is 0 Å². The Morgan fingerprint density at radius 3 is 0.776 bits per heavy atom. The summed E-state index contributed by atoms with van der Waals surface area (Å²) in [5, 5.41) is 28.2. The molecule has 0 radical (unpaired) electrons. The van der Waals surface area contributed by atoms with Gasteiger partial charge in [0.2, 0.25) is 13.4 Å². The average Bonchev–Trinajstić information content (AvgIpc) is 3.14. The molecule has 0 N–H and O–H groups in total. The smallest absolute Gasteiger partial charge is 0.192 e. The first-order chi connectivity index (χ1) is 27.6. The van der Waals surface area contributed by atoms with E-state index in [-0.39, 0.29) is 13.4 Å². The van der Waals surface area contributed by atoms with E-state index in [2.05, 4.69) is 180 Å². The summed E-state index contributed by atoms with van der Waals surface area (Å²) < 4.78 is 0. The molecule has 0 heterocycles. The monoisotopic (exact) mass is 748 g/mol. The Morgan fingerprint density at radius 2 is 0.552 bits per heavy atom. The Hall–Kier alpha value is -6.09. The molecule has 0 saturated carbocycles. The predicted molar refractivity (Wildman–Crippen MR) is 251 cm³/mol. The van der Waals surface area contributed by atoms with Gasteiger partial charge in [-0.2, -0.15) is 10.5 Å². The van der Waals surface area contributed by atoms with Crippen molar-refractivity contribution in [2.24, 2.45) is 0 Å². The second-order valence-electron chi connectivity index (χ2n) is 17.4. The second-order valence-corrected chi connectivity index (χ2v) is 17.4.